The molecule has 0 fully saturated rings. The molecule has 1 amide bonds. The maximum Gasteiger partial charge on any atom is 0.490 e. The quantitative estimate of drug-likeness (QED) is 0.186. The second-order valence-electron chi connectivity index (χ2n) is 9.02. The van der Waals surface area contributed by atoms with Crippen molar-refractivity contribution in [1.82, 2.24) is 9.97 Å². The molecule has 216 valence electrons. The molecule has 0 unspecified atom stereocenters. The van der Waals surface area contributed by atoms with Crippen molar-refractivity contribution in [3.63, 3.8) is 0 Å². The zero-order chi connectivity index (χ0) is 30.4. The number of fused-ring (bicyclic) bond motifs is 1. The number of aromatic amines is 1. The zero-order valence-electron chi connectivity index (χ0n) is 21.9. The normalized spacial score (nSPS) is 11.0. The first kappa shape index (κ1) is 29.7. The van der Waals surface area contributed by atoms with Crippen molar-refractivity contribution in [3.05, 3.63) is 109 Å². The second kappa shape index (κ2) is 12.5. The number of nitrogens with zero attached hydrogens (tertiary/aromatic N) is 2. The summed E-state index contributed by atoms with van der Waals surface area (Å²) in [6, 6.07) is 20.7. The van der Waals surface area contributed by atoms with E-state index < -0.39 is 23.8 Å². The van der Waals surface area contributed by atoms with Crippen LogP contribution in [-0.4, -0.2) is 40.2 Å². The van der Waals surface area contributed by atoms with Crippen LogP contribution in [0.1, 0.15) is 5.56 Å². The van der Waals surface area contributed by atoms with Gasteiger partial charge in [-0.2, -0.15) is 13.2 Å². The maximum absolute atomic E-state index is 14.1. The first-order valence-electron chi connectivity index (χ1n) is 12.3. The van der Waals surface area contributed by atoms with Gasteiger partial charge in [0, 0.05) is 47.3 Å². The summed E-state index contributed by atoms with van der Waals surface area (Å²) < 4.78 is 59.5. The van der Waals surface area contributed by atoms with E-state index in [0.29, 0.717) is 16.8 Å². The molecule has 0 radical (unpaired) electrons. The molecule has 42 heavy (non-hydrogen) atoms. The minimum Gasteiger partial charge on any atom is -0.475 e. The number of hydrogen-bond donors (Lipinski definition) is 3. The van der Waals surface area contributed by atoms with Gasteiger partial charge in [-0.3, -0.25) is 9.78 Å². The molecule has 0 aliphatic rings. The number of para-hydroxylation sites is 1. The average Bonchev–Trinajstić information content (AvgIpc) is 3.37. The van der Waals surface area contributed by atoms with Gasteiger partial charge < -0.3 is 20.3 Å². The Hall–Kier alpha value is -5.26. The molecule has 0 atom stereocenters. The first-order valence-corrected chi connectivity index (χ1v) is 12.3. The molecule has 0 bridgehead atoms. The molecule has 2 heterocycles. The van der Waals surface area contributed by atoms with Gasteiger partial charge in [0.25, 0.3) is 0 Å². The lowest BCUT2D eigenvalue weighted by Crippen LogP contribution is -2.21. The molecule has 0 saturated carbocycles. The van der Waals surface area contributed by atoms with Crippen molar-refractivity contribution in [3.8, 4) is 11.1 Å². The van der Waals surface area contributed by atoms with Crippen molar-refractivity contribution >= 4 is 39.8 Å². The standard InChI is InChI=1S/C28H22F2N4O.C2HF3O2/c1-34(21-5-4-12-31-17-21)27-11-9-20(15-23(27)18-8-10-24(29)25(30)13-18)33-28(35)14-19-16-32-26-7-3-2-6-22(19)26;3-2(4,5)1(6)7/h2-13,15-17,32H,14H2,1H3,(H,33,35);(H,6,7). The highest BCUT2D eigenvalue weighted by atomic mass is 19.4. The number of rotatable bonds is 6. The van der Waals surface area contributed by atoms with E-state index in [1.165, 1.54) is 6.07 Å². The van der Waals surface area contributed by atoms with Gasteiger partial charge in [-0.05, 0) is 59.7 Å². The number of hydrogen-bond acceptors (Lipinski definition) is 4. The maximum atomic E-state index is 14.1. The van der Waals surface area contributed by atoms with Crippen molar-refractivity contribution in [2.45, 2.75) is 12.6 Å². The third-order valence-corrected chi connectivity index (χ3v) is 6.17. The molecule has 3 aromatic carbocycles. The number of amides is 1. The molecule has 0 aliphatic heterocycles. The lowest BCUT2D eigenvalue weighted by Gasteiger charge is -2.23. The van der Waals surface area contributed by atoms with Gasteiger partial charge in [0.2, 0.25) is 5.91 Å². The smallest absolute Gasteiger partial charge is 0.475 e. The SMILES string of the molecule is CN(c1cccnc1)c1ccc(NC(=O)Cc2c[nH]c3ccccc23)cc1-c1ccc(F)c(F)c1.O=C(O)C(F)(F)F. The highest BCUT2D eigenvalue weighted by Gasteiger charge is 2.38. The van der Waals surface area contributed by atoms with Crippen molar-refractivity contribution in [2.24, 2.45) is 0 Å². The van der Waals surface area contributed by atoms with Gasteiger partial charge in [0.05, 0.1) is 18.3 Å². The van der Waals surface area contributed by atoms with E-state index in [9.17, 15) is 26.7 Å². The van der Waals surface area contributed by atoms with Crippen LogP contribution in [-0.2, 0) is 16.0 Å². The Labute approximate surface area is 236 Å². The van der Waals surface area contributed by atoms with Gasteiger partial charge in [-0.15, -0.1) is 0 Å². The lowest BCUT2D eigenvalue weighted by molar-refractivity contribution is -0.192. The molecule has 0 saturated heterocycles. The monoisotopic (exact) mass is 582 g/mol. The Morgan fingerprint density at radius 3 is 2.38 bits per heavy atom. The Balaban J connectivity index is 0.000000517. The molecule has 12 heteroatoms. The fourth-order valence-electron chi connectivity index (χ4n) is 4.15. The fraction of sp³-hybridized carbons (Fsp3) is 0.100. The fourth-order valence-corrected chi connectivity index (χ4v) is 4.15. The number of halogens is 5. The number of nitrogens with one attached hydrogen (secondary N) is 2. The molecule has 0 spiro atoms. The highest BCUT2D eigenvalue weighted by molar-refractivity contribution is 5.97. The molecular weight excluding hydrogens is 559 g/mol. The summed E-state index contributed by atoms with van der Waals surface area (Å²) in [4.78, 5) is 31.0. The number of carboxylic acids is 1. The molecular formula is C30H23F5N4O3. The predicted molar refractivity (Wildman–Crippen MR) is 148 cm³/mol. The zero-order valence-corrected chi connectivity index (χ0v) is 21.9. The Kier molecular flexibility index (Phi) is 8.84. The Morgan fingerprint density at radius 2 is 1.71 bits per heavy atom. The van der Waals surface area contributed by atoms with Crippen LogP contribution in [0.15, 0.2) is 91.4 Å². The minimum atomic E-state index is -5.08. The van der Waals surface area contributed by atoms with Crippen LogP contribution in [0, 0.1) is 11.6 Å². The van der Waals surface area contributed by atoms with E-state index in [0.717, 1.165) is 40.0 Å². The van der Waals surface area contributed by atoms with E-state index >= 15 is 0 Å². The Morgan fingerprint density at radius 1 is 0.976 bits per heavy atom. The number of anilines is 3. The van der Waals surface area contributed by atoms with E-state index in [1.54, 1.807) is 24.5 Å². The molecule has 5 aromatic rings. The number of aliphatic carboxylic acids is 1. The molecule has 5 rings (SSSR count). The van der Waals surface area contributed by atoms with E-state index in [2.05, 4.69) is 15.3 Å². The van der Waals surface area contributed by atoms with Crippen LogP contribution in [0.25, 0.3) is 22.0 Å². The van der Waals surface area contributed by atoms with Gasteiger partial charge in [0.1, 0.15) is 0 Å². The number of alkyl halides is 3. The minimum absolute atomic E-state index is 0.181. The van der Waals surface area contributed by atoms with Crippen molar-refractivity contribution < 1.29 is 36.6 Å². The lowest BCUT2D eigenvalue weighted by atomic mass is 10.0. The highest BCUT2D eigenvalue weighted by Crippen LogP contribution is 2.36. The van der Waals surface area contributed by atoms with Crippen LogP contribution < -0.4 is 10.2 Å². The summed E-state index contributed by atoms with van der Waals surface area (Å²) in [5.74, 6) is -4.79. The largest absolute Gasteiger partial charge is 0.490 e. The summed E-state index contributed by atoms with van der Waals surface area (Å²) in [5, 5.41) is 11.1. The first-order chi connectivity index (χ1) is 19.9. The number of aromatic nitrogens is 2. The molecule has 2 aromatic heterocycles. The summed E-state index contributed by atoms with van der Waals surface area (Å²) in [7, 11) is 1.87. The average molecular weight is 583 g/mol. The van der Waals surface area contributed by atoms with E-state index in [4.69, 9.17) is 9.90 Å². The molecule has 0 aliphatic carbocycles. The number of benzene rings is 3. The number of carbonyl (C=O) groups excluding carboxylic acids is 1. The van der Waals surface area contributed by atoms with E-state index in [1.807, 2.05) is 60.6 Å². The second-order valence-corrected chi connectivity index (χ2v) is 9.02. The van der Waals surface area contributed by atoms with Crippen LogP contribution in [0.3, 0.4) is 0 Å². The number of carbonyl (C=O) groups is 2. The third-order valence-electron chi connectivity index (χ3n) is 6.17. The summed E-state index contributed by atoms with van der Waals surface area (Å²) in [6.07, 6.45) is 0.344. The van der Waals surface area contributed by atoms with Crippen LogP contribution in [0.5, 0.6) is 0 Å². The topological polar surface area (TPSA) is 98.3 Å². The third kappa shape index (κ3) is 7.08. The van der Waals surface area contributed by atoms with E-state index in [-0.39, 0.29) is 12.3 Å². The summed E-state index contributed by atoms with van der Waals surface area (Å²) >= 11 is 0. The summed E-state index contributed by atoms with van der Waals surface area (Å²) in [5.41, 5.74) is 5.12. The number of pyridine rings is 1. The molecule has 7 nitrogen and oxygen atoms in total. The van der Waals surface area contributed by atoms with Crippen molar-refractivity contribution in [2.75, 3.05) is 17.3 Å². The van der Waals surface area contributed by atoms with Crippen LogP contribution >= 0.6 is 0 Å². The van der Waals surface area contributed by atoms with Crippen LogP contribution in [0.4, 0.5) is 39.0 Å². The Bertz CT molecular complexity index is 1720. The molecule has 3 N–H and O–H groups in total. The predicted octanol–water partition coefficient (Wildman–Crippen LogP) is 7.09. The van der Waals surface area contributed by atoms with Gasteiger partial charge in [0.15, 0.2) is 11.6 Å². The number of H-pyrrole nitrogens is 1. The van der Waals surface area contributed by atoms with Crippen molar-refractivity contribution in [1.29, 1.82) is 0 Å². The van der Waals surface area contributed by atoms with Gasteiger partial charge in [-0.1, -0.05) is 24.3 Å². The van der Waals surface area contributed by atoms with Crippen LogP contribution in [0.2, 0.25) is 0 Å². The van der Waals surface area contributed by atoms with Gasteiger partial charge >= 0.3 is 12.1 Å². The summed E-state index contributed by atoms with van der Waals surface area (Å²) in [6.45, 7) is 0. The van der Waals surface area contributed by atoms with Gasteiger partial charge in [-0.25, -0.2) is 13.6 Å². The number of carboxylic acid groups (broad SMARTS) is 1.